The SMILES string of the molecule is COc1ccccc1N1CCN(C(=O)CCC(=O)N2CCCCC2)CC1. The molecule has 26 heavy (non-hydrogen) atoms. The van der Waals surface area contributed by atoms with Crippen LogP contribution in [0.15, 0.2) is 24.3 Å². The Kier molecular flexibility index (Phi) is 6.36. The van der Waals surface area contributed by atoms with Crippen LogP contribution in [0.25, 0.3) is 0 Å². The van der Waals surface area contributed by atoms with Crippen LogP contribution in [0.3, 0.4) is 0 Å². The largest absolute Gasteiger partial charge is 0.495 e. The summed E-state index contributed by atoms with van der Waals surface area (Å²) in [5.74, 6) is 1.08. The lowest BCUT2D eigenvalue weighted by Crippen LogP contribution is -2.49. The first-order valence-corrected chi connectivity index (χ1v) is 9.62. The van der Waals surface area contributed by atoms with Crippen molar-refractivity contribution >= 4 is 17.5 Å². The molecule has 0 atom stereocenters. The summed E-state index contributed by atoms with van der Waals surface area (Å²) in [6.07, 6.45) is 4.05. The quantitative estimate of drug-likeness (QED) is 0.808. The number of ether oxygens (including phenoxy) is 1. The number of rotatable bonds is 5. The van der Waals surface area contributed by atoms with Gasteiger partial charge in [-0.05, 0) is 31.4 Å². The van der Waals surface area contributed by atoms with Crippen molar-refractivity contribution in [3.8, 4) is 5.75 Å². The van der Waals surface area contributed by atoms with E-state index < -0.39 is 0 Å². The van der Waals surface area contributed by atoms with Crippen LogP contribution in [0.4, 0.5) is 5.69 Å². The van der Waals surface area contributed by atoms with Gasteiger partial charge >= 0.3 is 0 Å². The van der Waals surface area contributed by atoms with Gasteiger partial charge in [0.2, 0.25) is 11.8 Å². The number of para-hydroxylation sites is 2. The van der Waals surface area contributed by atoms with Gasteiger partial charge in [0.15, 0.2) is 0 Å². The number of carbonyl (C=O) groups excluding carboxylic acids is 2. The molecule has 2 aliphatic rings. The smallest absolute Gasteiger partial charge is 0.223 e. The average molecular weight is 359 g/mol. The van der Waals surface area contributed by atoms with Crippen LogP contribution < -0.4 is 9.64 Å². The van der Waals surface area contributed by atoms with Gasteiger partial charge in [-0.25, -0.2) is 0 Å². The maximum Gasteiger partial charge on any atom is 0.223 e. The lowest BCUT2D eigenvalue weighted by atomic mass is 10.1. The van der Waals surface area contributed by atoms with E-state index >= 15 is 0 Å². The fraction of sp³-hybridized carbons (Fsp3) is 0.600. The highest BCUT2D eigenvalue weighted by Gasteiger charge is 2.24. The molecule has 0 N–H and O–H groups in total. The molecule has 0 saturated carbocycles. The minimum atomic E-state index is 0.0926. The molecule has 0 unspecified atom stereocenters. The highest BCUT2D eigenvalue weighted by atomic mass is 16.5. The molecule has 0 bridgehead atoms. The number of amides is 2. The number of nitrogens with zero attached hydrogens (tertiary/aromatic N) is 3. The third-order valence-electron chi connectivity index (χ3n) is 5.32. The van der Waals surface area contributed by atoms with Crippen molar-refractivity contribution in [3.05, 3.63) is 24.3 Å². The van der Waals surface area contributed by atoms with Crippen LogP contribution in [-0.4, -0.2) is 68.0 Å². The number of benzene rings is 1. The molecular weight excluding hydrogens is 330 g/mol. The summed E-state index contributed by atoms with van der Waals surface area (Å²) in [4.78, 5) is 30.7. The van der Waals surface area contributed by atoms with Crippen molar-refractivity contribution in [1.82, 2.24) is 9.80 Å². The Morgan fingerprint density at radius 1 is 0.846 bits per heavy atom. The molecule has 2 fully saturated rings. The van der Waals surface area contributed by atoms with Gasteiger partial charge in [-0.1, -0.05) is 12.1 Å². The maximum atomic E-state index is 12.5. The van der Waals surface area contributed by atoms with Crippen molar-refractivity contribution < 1.29 is 14.3 Å². The molecule has 2 heterocycles. The van der Waals surface area contributed by atoms with Crippen molar-refractivity contribution in [2.24, 2.45) is 0 Å². The van der Waals surface area contributed by atoms with Gasteiger partial charge in [-0.15, -0.1) is 0 Å². The Morgan fingerprint density at radius 2 is 1.42 bits per heavy atom. The topological polar surface area (TPSA) is 53.1 Å². The first kappa shape index (κ1) is 18.5. The Bertz CT molecular complexity index is 620. The molecule has 1 aromatic rings. The van der Waals surface area contributed by atoms with E-state index in [9.17, 15) is 9.59 Å². The zero-order valence-electron chi connectivity index (χ0n) is 15.7. The summed E-state index contributed by atoms with van der Waals surface area (Å²) < 4.78 is 5.43. The number of anilines is 1. The molecule has 2 saturated heterocycles. The molecule has 2 aliphatic heterocycles. The van der Waals surface area contributed by atoms with E-state index in [1.807, 2.05) is 34.1 Å². The second kappa shape index (κ2) is 8.92. The van der Waals surface area contributed by atoms with Crippen molar-refractivity contribution in [3.63, 3.8) is 0 Å². The van der Waals surface area contributed by atoms with Crippen LogP contribution >= 0.6 is 0 Å². The molecule has 3 rings (SSSR count). The van der Waals surface area contributed by atoms with Crippen molar-refractivity contribution in [1.29, 1.82) is 0 Å². The minimum absolute atomic E-state index is 0.0926. The highest BCUT2D eigenvalue weighted by molar-refractivity contribution is 5.84. The van der Waals surface area contributed by atoms with E-state index in [4.69, 9.17) is 4.74 Å². The lowest BCUT2D eigenvalue weighted by molar-refractivity contribution is -0.137. The van der Waals surface area contributed by atoms with E-state index in [2.05, 4.69) is 4.90 Å². The van der Waals surface area contributed by atoms with Gasteiger partial charge in [0.1, 0.15) is 5.75 Å². The molecule has 6 heteroatoms. The van der Waals surface area contributed by atoms with Crippen LogP contribution in [-0.2, 0) is 9.59 Å². The molecule has 0 spiro atoms. The number of carbonyl (C=O) groups is 2. The summed E-state index contributed by atoms with van der Waals surface area (Å²) in [5, 5.41) is 0. The molecule has 1 aromatic carbocycles. The summed E-state index contributed by atoms with van der Waals surface area (Å²) in [7, 11) is 1.68. The van der Waals surface area contributed by atoms with E-state index in [0.29, 0.717) is 25.9 Å². The predicted octanol–water partition coefficient (Wildman–Crippen LogP) is 2.14. The Hall–Kier alpha value is -2.24. The van der Waals surface area contributed by atoms with Gasteiger partial charge in [0.05, 0.1) is 12.8 Å². The first-order valence-electron chi connectivity index (χ1n) is 9.62. The van der Waals surface area contributed by atoms with E-state index in [1.165, 1.54) is 6.42 Å². The third kappa shape index (κ3) is 4.48. The van der Waals surface area contributed by atoms with Crippen molar-refractivity contribution in [2.75, 3.05) is 51.3 Å². The average Bonchev–Trinajstić information content (AvgIpc) is 2.72. The van der Waals surface area contributed by atoms with Gasteiger partial charge in [0.25, 0.3) is 0 Å². The highest BCUT2D eigenvalue weighted by Crippen LogP contribution is 2.28. The minimum Gasteiger partial charge on any atom is -0.495 e. The van der Waals surface area contributed by atoms with Gasteiger partial charge in [-0.3, -0.25) is 9.59 Å². The maximum absolute atomic E-state index is 12.5. The lowest BCUT2D eigenvalue weighted by Gasteiger charge is -2.36. The zero-order valence-corrected chi connectivity index (χ0v) is 15.7. The molecule has 0 radical (unpaired) electrons. The van der Waals surface area contributed by atoms with Crippen LogP contribution in [0.5, 0.6) is 5.75 Å². The monoisotopic (exact) mass is 359 g/mol. The van der Waals surface area contributed by atoms with Gasteiger partial charge in [0, 0.05) is 52.1 Å². The second-order valence-electron chi connectivity index (χ2n) is 6.98. The normalized spacial score (nSPS) is 18.0. The zero-order chi connectivity index (χ0) is 18.4. The number of hydrogen-bond donors (Lipinski definition) is 0. The number of piperidine rings is 1. The summed E-state index contributed by atoms with van der Waals surface area (Å²) in [6, 6.07) is 7.97. The van der Waals surface area contributed by atoms with Crippen LogP contribution in [0.2, 0.25) is 0 Å². The Morgan fingerprint density at radius 3 is 2.04 bits per heavy atom. The Balaban J connectivity index is 1.45. The van der Waals surface area contributed by atoms with Crippen LogP contribution in [0, 0.1) is 0 Å². The van der Waals surface area contributed by atoms with Gasteiger partial charge < -0.3 is 19.4 Å². The summed E-state index contributed by atoms with van der Waals surface area (Å²) in [5.41, 5.74) is 1.07. The fourth-order valence-electron chi connectivity index (χ4n) is 3.76. The molecule has 0 aromatic heterocycles. The summed E-state index contributed by atoms with van der Waals surface area (Å²) >= 11 is 0. The molecule has 142 valence electrons. The number of piperazine rings is 1. The second-order valence-corrected chi connectivity index (χ2v) is 6.98. The predicted molar refractivity (Wildman–Crippen MR) is 101 cm³/mol. The molecular formula is C20H29N3O3. The molecule has 0 aliphatic carbocycles. The van der Waals surface area contributed by atoms with Gasteiger partial charge in [-0.2, -0.15) is 0 Å². The van der Waals surface area contributed by atoms with E-state index in [-0.39, 0.29) is 11.8 Å². The first-order chi connectivity index (χ1) is 12.7. The number of methoxy groups -OCH3 is 1. The molecule has 2 amide bonds. The number of hydrogen-bond acceptors (Lipinski definition) is 4. The standard InChI is InChI=1S/C20H29N3O3/c1-26-18-8-4-3-7-17(18)21-13-15-23(16-14-21)20(25)10-9-19(24)22-11-5-2-6-12-22/h3-4,7-8H,2,5-6,9-16H2,1H3. The molecule has 6 nitrogen and oxygen atoms in total. The van der Waals surface area contributed by atoms with Crippen molar-refractivity contribution in [2.45, 2.75) is 32.1 Å². The third-order valence-corrected chi connectivity index (χ3v) is 5.32. The van der Waals surface area contributed by atoms with Crippen LogP contribution in [0.1, 0.15) is 32.1 Å². The summed E-state index contributed by atoms with van der Waals surface area (Å²) in [6.45, 7) is 4.65. The van der Waals surface area contributed by atoms with E-state index in [0.717, 1.165) is 50.5 Å². The van der Waals surface area contributed by atoms with E-state index in [1.54, 1.807) is 7.11 Å². The Labute approximate surface area is 155 Å². The fourth-order valence-corrected chi connectivity index (χ4v) is 3.76. The number of likely N-dealkylation sites (tertiary alicyclic amines) is 1.